The third kappa shape index (κ3) is 2.43. The largest absolute Gasteiger partial charge is 0.508 e. The minimum absolute atomic E-state index is 0.0700. The van der Waals surface area contributed by atoms with Crippen LogP contribution in [0.25, 0.3) is 0 Å². The lowest BCUT2D eigenvalue weighted by molar-refractivity contribution is 0.475. The molecular formula is C9H13NOS. The Hall–Kier alpha value is -0.670. The molecule has 0 amide bonds. The first kappa shape index (κ1) is 9.42. The van der Waals surface area contributed by atoms with Crippen molar-refractivity contribution in [3.8, 4) is 5.75 Å². The summed E-state index contributed by atoms with van der Waals surface area (Å²) in [4.78, 5) is 0. The average molecular weight is 183 g/mol. The molecule has 0 heterocycles. The Morgan fingerprint density at radius 2 is 2.00 bits per heavy atom. The zero-order valence-corrected chi connectivity index (χ0v) is 7.84. The molecule has 1 unspecified atom stereocenters. The van der Waals surface area contributed by atoms with Crippen LogP contribution in [0, 0.1) is 0 Å². The zero-order chi connectivity index (χ0) is 8.97. The SMILES string of the molecule is CSCC(N)c1ccc(O)cc1. The zero-order valence-electron chi connectivity index (χ0n) is 7.03. The van der Waals surface area contributed by atoms with Crippen molar-refractivity contribution in [2.24, 2.45) is 5.73 Å². The molecular weight excluding hydrogens is 170 g/mol. The van der Waals surface area contributed by atoms with Gasteiger partial charge in [-0.1, -0.05) is 12.1 Å². The summed E-state index contributed by atoms with van der Waals surface area (Å²) in [5.74, 6) is 1.19. The maximum atomic E-state index is 9.02. The molecule has 1 atom stereocenters. The van der Waals surface area contributed by atoms with Crippen LogP contribution in [0.1, 0.15) is 11.6 Å². The van der Waals surface area contributed by atoms with Gasteiger partial charge in [0.05, 0.1) is 0 Å². The van der Waals surface area contributed by atoms with Crippen molar-refractivity contribution in [2.75, 3.05) is 12.0 Å². The number of phenolic OH excluding ortho intramolecular Hbond substituents is 1. The van der Waals surface area contributed by atoms with Crippen LogP contribution in [0.3, 0.4) is 0 Å². The highest BCUT2D eigenvalue weighted by Crippen LogP contribution is 2.17. The van der Waals surface area contributed by atoms with Gasteiger partial charge in [0.2, 0.25) is 0 Å². The molecule has 66 valence electrons. The maximum absolute atomic E-state index is 9.02. The second-order valence-corrected chi connectivity index (χ2v) is 3.56. The highest BCUT2D eigenvalue weighted by molar-refractivity contribution is 7.98. The van der Waals surface area contributed by atoms with Gasteiger partial charge in [-0.15, -0.1) is 0 Å². The van der Waals surface area contributed by atoms with E-state index in [-0.39, 0.29) is 11.8 Å². The van der Waals surface area contributed by atoms with Gasteiger partial charge in [0.25, 0.3) is 0 Å². The van der Waals surface area contributed by atoms with Crippen molar-refractivity contribution in [3.05, 3.63) is 29.8 Å². The summed E-state index contributed by atoms with van der Waals surface area (Å²) in [5.41, 5.74) is 6.92. The van der Waals surface area contributed by atoms with E-state index in [0.717, 1.165) is 11.3 Å². The third-order valence-corrected chi connectivity index (χ3v) is 2.36. The first-order valence-electron chi connectivity index (χ1n) is 3.77. The topological polar surface area (TPSA) is 46.2 Å². The van der Waals surface area contributed by atoms with Crippen molar-refractivity contribution in [3.63, 3.8) is 0 Å². The summed E-state index contributed by atoms with van der Waals surface area (Å²) in [6.45, 7) is 0. The van der Waals surface area contributed by atoms with Crippen molar-refractivity contribution < 1.29 is 5.11 Å². The molecule has 0 bridgehead atoms. The van der Waals surface area contributed by atoms with E-state index < -0.39 is 0 Å². The molecule has 2 nitrogen and oxygen atoms in total. The molecule has 0 radical (unpaired) electrons. The minimum Gasteiger partial charge on any atom is -0.508 e. The fourth-order valence-electron chi connectivity index (χ4n) is 0.997. The van der Waals surface area contributed by atoms with E-state index in [0.29, 0.717) is 0 Å². The second kappa shape index (κ2) is 4.38. The smallest absolute Gasteiger partial charge is 0.115 e. The summed E-state index contributed by atoms with van der Waals surface area (Å²) in [5, 5.41) is 9.02. The third-order valence-electron chi connectivity index (χ3n) is 1.67. The van der Waals surface area contributed by atoms with Gasteiger partial charge in [-0.05, 0) is 24.0 Å². The molecule has 0 saturated heterocycles. The first-order valence-corrected chi connectivity index (χ1v) is 5.17. The molecule has 0 fully saturated rings. The minimum atomic E-state index is 0.0700. The Balaban J connectivity index is 2.68. The van der Waals surface area contributed by atoms with Gasteiger partial charge in [-0.3, -0.25) is 0 Å². The molecule has 0 aliphatic rings. The number of hydrogen-bond donors (Lipinski definition) is 2. The van der Waals surface area contributed by atoms with E-state index in [4.69, 9.17) is 10.8 Å². The number of phenols is 1. The van der Waals surface area contributed by atoms with Crippen molar-refractivity contribution in [2.45, 2.75) is 6.04 Å². The lowest BCUT2D eigenvalue weighted by atomic mass is 10.1. The van der Waals surface area contributed by atoms with Crippen LogP contribution in [0.15, 0.2) is 24.3 Å². The van der Waals surface area contributed by atoms with Gasteiger partial charge in [0.1, 0.15) is 5.75 Å². The second-order valence-electron chi connectivity index (χ2n) is 2.65. The Kier molecular flexibility index (Phi) is 3.44. The molecule has 0 saturated carbocycles. The van der Waals surface area contributed by atoms with Gasteiger partial charge < -0.3 is 10.8 Å². The fourth-order valence-corrected chi connectivity index (χ4v) is 1.55. The standard InChI is InChI=1S/C9H13NOS/c1-12-6-9(10)7-2-4-8(11)5-3-7/h2-5,9,11H,6,10H2,1H3. The van der Waals surface area contributed by atoms with Crippen molar-refractivity contribution >= 4 is 11.8 Å². The van der Waals surface area contributed by atoms with Crippen LogP contribution in [-0.4, -0.2) is 17.1 Å². The Morgan fingerprint density at radius 1 is 1.42 bits per heavy atom. The molecule has 1 aromatic rings. The van der Waals surface area contributed by atoms with E-state index in [1.807, 2.05) is 18.4 Å². The lowest BCUT2D eigenvalue weighted by Gasteiger charge is -2.09. The highest BCUT2D eigenvalue weighted by atomic mass is 32.2. The predicted molar refractivity (Wildman–Crippen MR) is 53.4 cm³/mol. The number of thioether (sulfide) groups is 1. The van der Waals surface area contributed by atoms with Crippen LogP contribution in [-0.2, 0) is 0 Å². The summed E-state index contributed by atoms with van der Waals surface area (Å²) in [6.07, 6.45) is 2.03. The van der Waals surface area contributed by atoms with Crippen LogP contribution >= 0.6 is 11.8 Å². The quantitative estimate of drug-likeness (QED) is 0.750. The molecule has 0 aliphatic carbocycles. The predicted octanol–water partition coefficient (Wildman–Crippen LogP) is 1.75. The van der Waals surface area contributed by atoms with Gasteiger partial charge >= 0.3 is 0 Å². The summed E-state index contributed by atoms with van der Waals surface area (Å²) >= 11 is 1.72. The fraction of sp³-hybridized carbons (Fsp3) is 0.333. The van der Waals surface area contributed by atoms with E-state index in [2.05, 4.69) is 0 Å². The van der Waals surface area contributed by atoms with E-state index >= 15 is 0 Å². The highest BCUT2D eigenvalue weighted by Gasteiger charge is 2.03. The average Bonchev–Trinajstić information content (AvgIpc) is 2.06. The molecule has 3 N–H and O–H groups in total. The molecule has 1 aromatic carbocycles. The Labute approximate surface area is 76.8 Å². The summed E-state index contributed by atoms with van der Waals surface area (Å²) in [6, 6.07) is 7.11. The number of nitrogens with two attached hydrogens (primary N) is 1. The normalized spacial score (nSPS) is 12.8. The molecule has 3 heteroatoms. The van der Waals surface area contributed by atoms with Crippen LogP contribution in [0.5, 0.6) is 5.75 Å². The molecule has 0 aliphatic heterocycles. The number of aromatic hydroxyl groups is 1. The number of benzene rings is 1. The van der Waals surface area contributed by atoms with Crippen molar-refractivity contribution in [1.82, 2.24) is 0 Å². The van der Waals surface area contributed by atoms with Gasteiger partial charge in [0.15, 0.2) is 0 Å². The Morgan fingerprint density at radius 3 is 2.50 bits per heavy atom. The molecule has 0 spiro atoms. The number of hydrogen-bond acceptors (Lipinski definition) is 3. The van der Waals surface area contributed by atoms with Crippen molar-refractivity contribution in [1.29, 1.82) is 0 Å². The van der Waals surface area contributed by atoms with Gasteiger partial charge in [0, 0.05) is 11.8 Å². The summed E-state index contributed by atoms with van der Waals surface area (Å²) in [7, 11) is 0. The van der Waals surface area contributed by atoms with Crippen LogP contribution < -0.4 is 5.73 Å². The summed E-state index contributed by atoms with van der Waals surface area (Å²) < 4.78 is 0. The molecule has 1 rings (SSSR count). The van der Waals surface area contributed by atoms with Gasteiger partial charge in [-0.25, -0.2) is 0 Å². The van der Waals surface area contributed by atoms with Gasteiger partial charge in [-0.2, -0.15) is 11.8 Å². The number of rotatable bonds is 3. The monoisotopic (exact) mass is 183 g/mol. The van der Waals surface area contributed by atoms with E-state index in [1.54, 1.807) is 23.9 Å². The lowest BCUT2D eigenvalue weighted by Crippen LogP contribution is -2.12. The van der Waals surface area contributed by atoms with Crippen LogP contribution in [0.2, 0.25) is 0 Å². The Bertz CT molecular complexity index is 235. The van der Waals surface area contributed by atoms with E-state index in [9.17, 15) is 0 Å². The van der Waals surface area contributed by atoms with E-state index in [1.165, 1.54) is 0 Å². The molecule has 12 heavy (non-hydrogen) atoms. The first-order chi connectivity index (χ1) is 5.74. The van der Waals surface area contributed by atoms with Crippen LogP contribution in [0.4, 0.5) is 0 Å². The maximum Gasteiger partial charge on any atom is 0.115 e. The molecule has 0 aromatic heterocycles.